The standard InChI is InChI=1S/C19H19BrClN3O5S/c20-14-5-7-15(8-6-14)30(27,28)24-9-10-29-17(24)12-23-19(26)18(25)22-11-13-3-1-2-4-16(13)21/h1-8,17H,9-12H2,(H,22,25)(H,23,26). The summed E-state index contributed by atoms with van der Waals surface area (Å²) in [6.45, 7) is 0.274. The van der Waals surface area contributed by atoms with Crippen molar-refractivity contribution in [2.45, 2.75) is 17.7 Å². The molecule has 0 aliphatic carbocycles. The molecule has 1 aliphatic heterocycles. The second kappa shape index (κ2) is 9.88. The van der Waals surface area contributed by atoms with E-state index in [2.05, 4.69) is 26.6 Å². The van der Waals surface area contributed by atoms with E-state index in [0.717, 1.165) is 8.78 Å². The Morgan fingerprint density at radius 1 is 1.10 bits per heavy atom. The van der Waals surface area contributed by atoms with E-state index in [1.165, 1.54) is 12.1 Å². The van der Waals surface area contributed by atoms with Crippen molar-refractivity contribution >= 4 is 49.4 Å². The second-order valence-corrected chi connectivity index (χ2v) is 9.59. The lowest BCUT2D eigenvalue weighted by Gasteiger charge is -2.22. The Kier molecular flexibility index (Phi) is 7.48. The molecule has 0 saturated carbocycles. The van der Waals surface area contributed by atoms with Crippen LogP contribution in [0, 0.1) is 0 Å². The summed E-state index contributed by atoms with van der Waals surface area (Å²) in [6, 6.07) is 13.2. The van der Waals surface area contributed by atoms with Gasteiger partial charge in [-0.2, -0.15) is 4.31 Å². The first-order valence-corrected chi connectivity index (χ1v) is 11.6. The molecule has 1 saturated heterocycles. The van der Waals surface area contributed by atoms with Crippen molar-refractivity contribution in [2.75, 3.05) is 19.7 Å². The average molecular weight is 517 g/mol. The van der Waals surface area contributed by atoms with Gasteiger partial charge in [0.1, 0.15) is 6.23 Å². The van der Waals surface area contributed by atoms with Gasteiger partial charge in [-0.15, -0.1) is 0 Å². The molecule has 8 nitrogen and oxygen atoms in total. The van der Waals surface area contributed by atoms with E-state index in [1.807, 2.05) is 0 Å². The van der Waals surface area contributed by atoms with Crippen LogP contribution in [-0.2, 0) is 30.9 Å². The third-order valence-electron chi connectivity index (χ3n) is 4.40. The minimum atomic E-state index is -3.80. The van der Waals surface area contributed by atoms with E-state index >= 15 is 0 Å². The molecule has 1 aliphatic rings. The van der Waals surface area contributed by atoms with Gasteiger partial charge in [0, 0.05) is 22.6 Å². The fourth-order valence-electron chi connectivity index (χ4n) is 2.84. The molecule has 1 fully saturated rings. The molecular weight excluding hydrogens is 498 g/mol. The fourth-order valence-corrected chi connectivity index (χ4v) is 4.82. The molecule has 30 heavy (non-hydrogen) atoms. The van der Waals surface area contributed by atoms with Crippen LogP contribution in [0.2, 0.25) is 5.02 Å². The Labute approximate surface area is 187 Å². The number of halogens is 2. The Morgan fingerprint density at radius 3 is 2.47 bits per heavy atom. The second-order valence-electron chi connectivity index (χ2n) is 6.38. The molecule has 160 valence electrons. The summed E-state index contributed by atoms with van der Waals surface area (Å²) in [6.07, 6.45) is -0.904. The monoisotopic (exact) mass is 515 g/mol. The number of ether oxygens (including phenoxy) is 1. The molecule has 1 unspecified atom stereocenters. The summed E-state index contributed by atoms with van der Waals surface area (Å²) in [5, 5.41) is 5.37. The number of carbonyl (C=O) groups is 2. The van der Waals surface area contributed by atoms with Crippen molar-refractivity contribution in [3.63, 3.8) is 0 Å². The molecule has 2 aromatic rings. The summed E-state index contributed by atoms with van der Waals surface area (Å²) < 4.78 is 33.1. The molecular formula is C19H19BrClN3O5S. The Morgan fingerprint density at radius 2 is 1.77 bits per heavy atom. The molecule has 0 aromatic heterocycles. The molecule has 1 heterocycles. The Bertz CT molecular complexity index is 1030. The zero-order chi connectivity index (χ0) is 21.7. The molecule has 11 heteroatoms. The summed E-state index contributed by atoms with van der Waals surface area (Å²) in [5.74, 6) is -1.74. The maximum atomic E-state index is 12.9. The molecule has 1 atom stereocenters. The van der Waals surface area contributed by atoms with Crippen molar-refractivity contribution in [1.29, 1.82) is 0 Å². The highest BCUT2D eigenvalue weighted by Gasteiger charge is 2.36. The summed E-state index contributed by atoms with van der Waals surface area (Å²) >= 11 is 9.29. The number of hydrogen-bond donors (Lipinski definition) is 2. The third-order valence-corrected chi connectivity index (χ3v) is 7.20. The highest BCUT2D eigenvalue weighted by molar-refractivity contribution is 9.10. The topological polar surface area (TPSA) is 105 Å². The van der Waals surface area contributed by atoms with Crippen molar-refractivity contribution in [1.82, 2.24) is 14.9 Å². The van der Waals surface area contributed by atoms with Gasteiger partial charge in [-0.05, 0) is 35.9 Å². The predicted octanol–water partition coefficient (Wildman–Crippen LogP) is 1.88. The molecule has 2 amide bonds. The first kappa shape index (κ1) is 22.7. The normalized spacial score (nSPS) is 16.9. The number of amides is 2. The third kappa shape index (κ3) is 5.38. The maximum Gasteiger partial charge on any atom is 0.309 e. The number of benzene rings is 2. The van der Waals surface area contributed by atoms with E-state index < -0.39 is 28.1 Å². The zero-order valence-corrected chi connectivity index (χ0v) is 18.8. The van der Waals surface area contributed by atoms with Gasteiger partial charge in [-0.25, -0.2) is 8.42 Å². The minimum Gasteiger partial charge on any atom is -0.359 e. The lowest BCUT2D eigenvalue weighted by Crippen LogP contribution is -2.47. The van der Waals surface area contributed by atoms with Crippen molar-refractivity contribution in [3.05, 3.63) is 63.6 Å². The van der Waals surface area contributed by atoms with Gasteiger partial charge in [0.05, 0.1) is 18.0 Å². The predicted molar refractivity (Wildman–Crippen MR) is 114 cm³/mol. The van der Waals surface area contributed by atoms with Gasteiger partial charge >= 0.3 is 11.8 Å². The summed E-state index contributed by atoms with van der Waals surface area (Å²) in [5.41, 5.74) is 0.672. The van der Waals surface area contributed by atoms with Crippen LogP contribution in [0.4, 0.5) is 0 Å². The quantitative estimate of drug-likeness (QED) is 0.571. The smallest absolute Gasteiger partial charge is 0.309 e. The molecule has 2 N–H and O–H groups in total. The largest absolute Gasteiger partial charge is 0.359 e. The van der Waals surface area contributed by atoms with Crippen LogP contribution in [0.5, 0.6) is 0 Å². The van der Waals surface area contributed by atoms with E-state index in [1.54, 1.807) is 36.4 Å². The highest BCUT2D eigenvalue weighted by atomic mass is 79.9. The van der Waals surface area contributed by atoms with E-state index in [9.17, 15) is 18.0 Å². The Hall–Kier alpha value is -1.98. The number of sulfonamides is 1. The van der Waals surface area contributed by atoms with E-state index in [4.69, 9.17) is 16.3 Å². The van der Waals surface area contributed by atoms with Crippen LogP contribution in [0.25, 0.3) is 0 Å². The van der Waals surface area contributed by atoms with Gasteiger partial charge < -0.3 is 15.4 Å². The van der Waals surface area contributed by atoms with Crippen LogP contribution in [0.3, 0.4) is 0 Å². The fraction of sp³-hybridized carbons (Fsp3) is 0.263. The van der Waals surface area contributed by atoms with Gasteiger partial charge in [-0.1, -0.05) is 45.7 Å². The zero-order valence-electron chi connectivity index (χ0n) is 15.7. The minimum absolute atomic E-state index is 0.0932. The van der Waals surface area contributed by atoms with Crippen LogP contribution >= 0.6 is 27.5 Å². The SMILES string of the molecule is O=C(NCc1ccccc1Cl)C(=O)NCC1OCCN1S(=O)(=O)c1ccc(Br)cc1. The van der Waals surface area contributed by atoms with Gasteiger partial charge in [0.15, 0.2) is 0 Å². The first-order valence-electron chi connectivity index (χ1n) is 8.97. The van der Waals surface area contributed by atoms with Gasteiger partial charge in [-0.3, -0.25) is 9.59 Å². The number of nitrogens with one attached hydrogen (secondary N) is 2. The van der Waals surface area contributed by atoms with Crippen molar-refractivity contribution < 1.29 is 22.7 Å². The molecule has 0 radical (unpaired) electrons. The highest BCUT2D eigenvalue weighted by Crippen LogP contribution is 2.23. The summed E-state index contributed by atoms with van der Waals surface area (Å²) in [7, 11) is -3.80. The molecule has 3 rings (SSSR count). The van der Waals surface area contributed by atoms with Crippen molar-refractivity contribution in [3.8, 4) is 0 Å². The Balaban J connectivity index is 1.56. The van der Waals surface area contributed by atoms with Crippen LogP contribution in [-0.4, -0.2) is 50.5 Å². The molecule has 0 spiro atoms. The van der Waals surface area contributed by atoms with Crippen LogP contribution in [0.1, 0.15) is 5.56 Å². The lowest BCUT2D eigenvalue weighted by molar-refractivity contribution is -0.139. The van der Waals surface area contributed by atoms with Gasteiger partial charge in [0.25, 0.3) is 0 Å². The number of nitrogens with zero attached hydrogens (tertiary/aromatic N) is 1. The van der Waals surface area contributed by atoms with Crippen molar-refractivity contribution in [2.24, 2.45) is 0 Å². The van der Waals surface area contributed by atoms with E-state index in [-0.39, 0.29) is 31.1 Å². The number of hydrogen-bond acceptors (Lipinski definition) is 5. The summed E-state index contributed by atoms with van der Waals surface area (Å²) in [4.78, 5) is 24.2. The number of carbonyl (C=O) groups excluding carboxylic acids is 2. The lowest BCUT2D eigenvalue weighted by atomic mass is 10.2. The maximum absolute atomic E-state index is 12.9. The van der Waals surface area contributed by atoms with E-state index in [0.29, 0.717) is 10.6 Å². The van der Waals surface area contributed by atoms with Crippen LogP contribution in [0.15, 0.2) is 57.9 Å². The van der Waals surface area contributed by atoms with Crippen LogP contribution < -0.4 is 10.6 Å². The first-order chi connectivity index (χ1) is 14.3. The molecule has 0 bridgehead atoms. The number of rotatable bonds is 6. The molecule has 2 aromatic carbocycles. The average Bonchev–Trinajstić information content (AvgIpc) is 3.21. The van der Waals surface area contributed by atoms with Gasteiger partial charge in [0.2, 0.25) is 10.0 Å².